The maximum Gasteiger partial charge on any atom is 0.230 e. The van der Waals surface area contributed by atoms with Crippen LogP contribution in [-0.4, -0.2) is 30.5 Å². The first kappa shape index (κ1) is 11.9. The number of rotatable bonds is 4. The van der Waals surface area contributed by atoms with E-state index >= 15 is 0 Å². The fourth-order valence-electron chi connectivity index (χ4n) is 2.06. The molecule has 1 aliphatic carbocycles. The fourth-order valence-corrected chi connectivity index (χ4v) is 2.40. The summed E-state index contributed by atoms with van der Waals surface area (Å²) >= 11 is 1.56. The Morgan fingerprint density at radius 1 is 1.50 bits per heavy atom. The Labute approximate surface area is 90.2 Å². The van der Waals surface area contributed by atoms with Gasteiger partial charge in [0.2, 0.25) is 5.91 Å². The second kappa shape index (κ2) is 6.30. The average Bonchev–Trinajstić information content (AvgIpc) is 2.19. The Bertz CT molecular complexity index is 187. The topological polar surface area (TPSA) is 55.1 Å². The predicted molar refractivity (Wildman–Crippen MR) is 61.3 cm³/mol. The molecule has 0 aliphatic heterocycles. The number of carbonyl (C=O) groups is 1. The standard InChI is InChI=1S/C10H20N2OS/c1-14-7-10(13)12-9-5-3-2-4-8(9)6-11/h8-9H,2-7,11H2,1H3,(H,12,13). The van der Waals surface area contributed by atoms with Crippen LogP contribution in [0.2, 0.25) is 0 Å². The summed E-state index contributed by atoms with van der Waals surface area (Å²) in [6, 6.07) is 0.327. The Morgan fingerprint density at radius 2 is 2.21 bits per heavy atom. The number of thioether (sulfide) groups is 1. The Kier molecular flexibility index (Phi) is 5.33. The maximum atomic E-state index is 11.4. The second-order valence-corrected chi connectivity index (χ2v) is 4.75. The summed E-state index contributed by atoms with van der Waals surface area (Å²) in [7, 11) is 0. The van der Waals surface area contributed by atoms with Crippen molar-refractivity contribution in [3.05, 3.63) is 0 Å². The third kappa shape index (κ3) is 3.50. The monoisotopic (exact) mass is 216 g/mol. The largest absolute Gasteiger partial charge is 0.352 e. The van der Waals surface area contributed by atoms with E-state index in [2.05, 4.69) is 5.32 Å². The van der Waals surface area contributed by atoms with Gasteiger partial charge in [0, 0.05) is 6.04 Å². The minimum Gasteiger partial charge on any atom is -0.352 e. The summed E-state index contributed by atoms with van der Waals surface area (Å²) < 4.78 is 0. The summed E-state index contributed by atoms with van der Waals surface area (Å²) in [5.41, 5.74) is 5.69. The Balaban J connectivity index is 2.36. The molecule has 1 amide bonds. The van der Waals surface area contributed by atoms with Crippen LogP contribution in [0, 0.1) is 5.92 Å². The van der Waals surface area contributed by atoms with Crippen LogP contribution in [0.3, 0.4) is 0 Å². The van der Waals surface area contributed by atoms with Crippen LogP contribution in [0.4, 0.5) is 0 Å². The molecule has 1 rings (SSSR count). The lowest BCUT2D eigenvalue weighted by molar-refractivity contribution is -0.119. The molecule has 0 heterocycles. The number of hydrogen-bond donors (Lipinski definition) is 2. The van der Waals surface area contributed by atoms with Crippen molar-refractivity contribution in [2.75, 3.05) is 18.6 Å². The molecule has 2 atom stereocenters. The van der Waals surface area contributed by atoms with Crippen molar-refractivity contribution in [2.24, 2.45) is 11.7 Å². The lowest BCUT2D eigenvalue weighted by Crippen LogP contribution is -2.45. The molecule has 0 spiro atoms. The van der Waals surface area contributed by atoms with E-state index < -0.39 is 0 Å². The van der Waals surface area contributed by atoms with Gasteiger partial charge in [-0.3, -0.25) is 4.79 Å². The first-order chi connectivity index (χ1) is 6.77. The molecule has 3 nitrogen and oxygen atoms in total. The Morgan fingerprint density at radius 3 is 2.86 bits per heavy atom. The van der Waals surface area contributed by atoms with Gasteiger partial charge in [-0.15, -0.1) is 0 Å². The van der Waals surface area contributed by atoms with Gasteiger partial charge in [-0.25, -0.2) is 0 Å². The Hall–Kier alpha value is -0.220. The van der Waals surface area contributed by atoms with Crippen molar-refractivity contribution < 1.29 is 4.79 Å². The molecule has 0 radical (unpaired) electrons. The van der Waals surface area contributed by atoms with Crippen LogP contribution in [-0.2, 0) is 4.79 Å². The summed E-state index contributed by atoms with van der Waals surface area (Å²) in [6.45, 7) is 0.699. The van der Waals surface area contributed by atoms with Crippen molar-refractivity contribution in [2.45, 2.75) is 31.7 Å². The summed E-state index contributed by atoms with van der Waals surface area (Å²) in [5, 5.41) is 3.08. The van der Waals surface area contributed by atoms with Crippen molar-refractivity contribution in [3.8, 4) is 0 Å². The molecule has 0 saturated heterocycles. The van der Waals surface area contributed by atoms with Gasteiger partial charge in [0.25, 0.3) is 0 Å². The first-order valence-electron chi connectivity index (χ1n) is 5.26. The second-order valence-electron chi connectivity index (χ2n) is 3.89. The van der Waals surface area contributed by atoms with Gasteiger partial charge in [0.05, 0.1) is 5.75 Å². The summed E-state index contributed by atoms with van der Waals surface area (Å²) in [6.07, 6.45) is 6.70. The van der Waals surface area contributed by atoms with Gasteiger partial charge in [-0.05, 0) is 31.6 Å². The van der Waals surface area contributed by atoms with Crippen LogP contribution in [0.1, 0.15) is 25.7 Å². The minimum absolute atomic E-state index is 0.155. The van der Waals surface area contributed by atoms with E-state index in [0.717, 1.165) is 6.42 Å². The molecule has 14 heavy (non-hydrogen) atoms. The zero-order valence-electron chi connectivity index (χ0n) is 8.79. The molecule has 82 valence electrons. The lowest BCUT2D eigenvalue weighted by Gasteiger charge is -2.31. The van der Waals surface area contributed by atoms with Gasteiger partial charge >= 0.3 is 0 Å². The highest BCUT2D eigenvalue weighted by atomic mass is 32.2. The van der Waals surface area contributed by atoms with E-state index in [1.807, 2.05) is 6.26 Å². The number of carbonyl (C=O) groups excluding carboxylic acids is 1. The molecule has 0 aromatic heterocycles. The van der Waals surface area contributed by atoms with Gasteiger partial charge in [0.15, 0.2) is 0 Å². The normalized spacial score (nSPS) is 27.3. The molecule has 0 aromatic carbocycles. The minimum atomic E-state index is 0.155. The van der Waals surface area contributed by atoms with Gasteiger partial charge in [-0.2, -0.15) is 11.8 Å². The highest BCUT2D eigenvalue weighted by Gasteiger charge is 2.24. The van der Waals surface area contributed by atoms with Crippen molar-refractivity contribution in [1.29, 1.82) is 0 Å². The van der Waals surface area contributed by atoms with E-state index in [1.165, 1.54) is 19.3 Å². The summed E-state index contributed by atoms with van der Waals surface area (Å²) in [4.78, 5) is 11.4. The van der Waals surface area contributed by atoms with Crippen LogP contribution in [0.5, 0.6) is 0 Å². The average molecular weight is 216 g/mol. The van der Waals surface area contributed by atoms with Crippen LogP contribution in [0.15, 0.2) is 0 Å². The molecule has 4 heteroatoms. The van der Waals surface area contributed by atoms with E-state index in [-0.39, 0.29) is 5.91 Å². The number of amides is 1. The van der Waals surface area contributed by atoms with Gasteiger partial charge in [0.1, 0.15) is 0 Å². The lowest BCUT2D eigenvalue weighted by atomic mass is 9.84. The van der Waals surface area contributed by atoms with Crippen LogP contribution >= 0.6 is 11.8 Å². The third-order valence-electron chi connectivity index (χ3n) is 2.83. The molecule has 0 bridgehead atoms. The molecular formula is C10H20N2OS. The molecule has 1 fully saturated rings. The third-order valence-corrected chi connectivity index (χ3v) is 3.38. The zero-order chi connectivity index (χ0) is 10.4. The molecule has 0 aromatic rings. The molecule has 2 unspecified atom stereocenters. The van der Waals surface area contributed by atoms with E-state index in [0.29, 0.717) is 24.3 Å². The number of nitrogens with two attached hydrogens (primary N) is 1. The number of hydrogen-bond acceptors (Lipinski definition) is 3. The number of nitrogens with one attached hydrogen (secondary N) is 1. The van der Waals surface area contributed by atoms with Crippen molar-refractivity contribution in [1.82, 2.24) is 5.32 Å². The molecular weight excluding hydrogens is 196 g/mol. The van der Waals surface area contributed by atoms with Crippen molar-refractivity contribution in [3.63, 3.8) is 0 Å². The zero-order valence-corrected chi connectivity index (χ0v) is 9.61. The summed E-state index contributed by atoms with van der Waals surface area (Å²) in [5.74, 6) is 1.21. The van der Waals surface area contributed by atoms with E-state index in [1.54, 1.807) is 11.8 Å². The van der Waals surface area contributed by atoms with Gasteiger partial charge < -0.3 is 11.1 Å². The molecule has 3 N–H and O–H groups in total. The SMILES string of the molecule is CSCC(=O)NC1CCCCC1CN. The van der Waals surface area contributed by atoms with Crippen molar-refractivity contribution >= 4 is 17.7 Å². The fraction of sp³-hybridized carbons (Fsp3) is 0.900. The van der Waals surface area contributed by atoms with Crippen LogP contribution in [0.25, 0.3) is 0 Å². The predicted octanol–water partition coefficient (Wildman–Crippen LogP) is 0.983. The smallest absolute Gasteiger partial charge is 0.230 e. The van der Waals surface area contributed by atoms with Gasteiger partial charge in [-0.1, -0.05) is 12.8 Å². The highest BCUT2D eigenvalue weighted by molar-refractivity contribution is 7.99. The molecule has 1 aliphatic rings. The maximum absolute atomic E-state index is 11.4. The van der Waals surface area contributed by atoms with E-state index in [9.17, 15) is 4.79 Å². The first-order valence-corrected chi connectivity index (χ1v) is 6.65. The quantitative estimate of drug-likeness (QED) is 0.736. The van der Waals surface area contributed by atoms with Crippen LogP contribution < -0.4 is 11.1 Å². The van der Waals surface area contributed by atoms with E-state index in [4.69, 9.17) is 5.73 Å². The molecule has 1 saturated carbocycles. The highest BCUT2D eigenvalue weighted by Crippen LogP contribution is 2.23.